The van der Waals surface area contributed by atoms with Gasteiger partial charge in [0.25, 0.3) is 0 Å². The van der Waals surface area contributed by atoms with E-state index in [1.807, 2.05) is 31.2 Å². The maximum Gasteiger partial charge on any atom is 0.407 e. The van der Waals surface area contributed by atoms with Crippen molar-refractivity contribution in [3.05, 3.63) is 59.7 Å². The molecule has 3 aliphatic rings. The molecule has 0 spiro atoms. The third-order valence-electron chi connectivity index (χ3n) is 7.95. The number of amides is 2. The fraction of sp³-hybridized carbons (Fsp3) is 0.464. The molecule has 2 fully saturated rings. The Kier molecular flexibility index (Phi) is 6.50. The molecular weight excluding hydrogens is 444 g/mol. The van der Waals surface area contributed by atoms with Crippen molar-refractivity contribution in [2.24, 2.45) is 17.8 Å². The normalized spacial score (nSPS) is 24.0. The van der Waals surface area contributed by atoms with E-state index in [4.69, 9.17) is 9.84 Å². The molecule has 0 bridgehead atoms. The van der Waals surface area contributed by atoms with Crippen LogP contribution >= 0.6 is 0 Å². The van der Waals surface area contributed by atoms with Crippen molar-refractivity contribution in [1.82, 2.24) is 10.2 Å². The minimum atomic E-state index is -0.984. The van der Waals surface area contributed by atoms with Crippen molar-refractivity contribution >= 4 is 18.0 Å². The first-order valence-electron chi connectivity index (χ1n) is 12.6. The first-order chi connectivity index (χ1) is 17.0. The van der Waals surface area contributed by atoms with E-state index in [-0.39, 0.29) is 42.9 Å². The Morgan fingerprint density at radius 1 is 1.00 bits per heavy atom. The summed E-state index contributed by atoms with van der Waals surface area (Å²) >= 11 is 0. The predicted octanol–water partition coefficient (Wildman–Crippen LogP) is 4.26. The Labute approximate surface area is 205 Å². The van der Waals surface area contributed by atoms with Gasteiger partial charge >= 0.3 is 12.1 Å². The average molecular weight is 477 g/mol. The lowest BCUT2D eigenvalue weighted by Gasteiger charge is -2.40. The lowest BCUT2D eigenvalue weighted by molar-refractivity contribution is -0.146. The van der Waals surface area contributed by atoms with E-state index in [2.05, 4.69) is 29.6 Å². The molecule has 0 heterocycles. The Balaban J connectivity index is 1.15. The molecule has 0 saturated heterocycles. The summed E-state index contributed by atoms with van der Waals surface area (Å²) in [5, 5.41) is 12.2. The van der Waals surface area contributed by atoms with Gasteiger partial charge in [0, 0.05) is 24.4 Å². The molecule has 7 nitrogen and oxygen atoms in total. The lowest BCUT2D eigenvalue weighted by atomic mass is 9.71. The number of ether oxygens (including phenoxy) is 1. The second-order valence-electron chi connectivity index (χ2n) is 10.1. The van der Waals surface area contributed by atoms with E-state index in [1.54, 1.807) is 0 Å². The smallest absolute Gasteiger partial charge is 0.407 e. The summed E-state index contributed by atoms with van der Waals surface area (Å²) in [7, 11) is 0. The van der Waals surface area contributed by atoms with Crippen LogP contribution < -0.4 is 5.32 Å². The fourth-order valence-corrected chi connectivity index (χ4v) is 6.34. The van der Waals surface area contributed by atoms with Crippen LogP contribution in [-0.2, 0) is 14.3 Å². The summed E-state index contributed by atoms with van der Waals surface area (Å²) in [6.45, 7) is 2.43. The largest absolute Gasteiger partial charge is 0.480 e. The third-order valence-corrected chi connectivity index (χ3v) is 7.95. The molecule has 7 heteroatoms. The number of hydrogen-bond acceptors (Lipinski definition) is 4. The SMILES string of the molecule is CCCN(CC(=O)O)C(=O)C1C[C@H]2C[C@@H](NC(=O)OCC3c4ccccc4-c4ccccc43)[C@H]2C1. The Bertz CT molecular complexity index is 1090. The third kappa shape index (κ3) is 4.51. The van der Waals surface area contributed by atoms with E-state index < -0.39 is 12.1 Å². The number of carboxylic acid groups (broad SMARTS) is 1. The zero-order valence-electron chi connectivity index (χ0n) is 20.0. The number of nitrogens with zero attached hydrogens (tertiary/aromatic N) is 1. The van der Waals surface area contributed by atoms with Crippen LogP contribution in [0.15, 0.2) is 48.5 Å². The van der Waals surface area contributed by atoms with Gasteiger partial charge in [-0.15, -0.1) is 0 Å². The summed E-state index contributed by atoms with van der Waals surface area (Å²) in [5.41, 5.74) is 4.75. The van der Waals surface area contributed by atoms with Gasteiger partial charge < -0.3 is 20.1 Å². The number of hydrogen-bond donors (Lipinski definition) is 2. The number of benzene rings is 2. The molecule has 184 valence electrons. The van der Waals surface area contributed by atoms with Crippen LogP contribution in [0.2, 0.25) is 0 Å². The Morgan fingerprint density at radius 3 is 2.29 bits per heavy atom. The van der Waals surface area contributed by atoms with E-state index in [1.165, 1.54) is 27.2 Å². The van der Waals surface area contributed by atoms with Gasteiger partial charge in [-0.2, -0.15) is 0 Å². The highest BCUT2D eigenvalue weighted by atomic mass is 16.5. The molecule has 2 N–H and O–H groups in total. The van der Waals surface area contributed by atoms with Gasteiger partial charge in [-0.1, -0.05) is 55.5 Å². The maximum atomic E-state index is 12.9. The average Bonchev–Trinajstić information content (AvgIpc) is 3.35. The number of rotatable bonds is 8. The zero-order valence-corrected chi connectivity index (χ0v) is 20.0. The standard InChI is InChI=1S/C28H32N2O5/c1-2-11-30(15-26(31)32)27(33)18-12-17-14-25(23(17)13-18)29-28(34)35-16-24-21-9-5-3-7-19(21)20-8-4-6-10-22(20)24/h3-10,17-18,23-25H,2,11-16H2,1H3,(H,29,34)(H,31,32)/t17-,18?,23-,25+/m0/s1. The number of carbonyl (C=O) groups is 3. The predicted molar refractivity (Wildman–Crippen MR) is 131 cm³/mol. The summed E-state index contributed by atoms with van der Waals surface area (Å²) < 4.78 is 5.69. The molecule has 5 rings (SSSR count). The molecular formula is C28H32N2O5. The zero-order chi connectivity index (χ0) is 24.5. The first-order valence-corrected chi connectivity index (χ1v) is 12.6. The second kappa shape index (κ2) is 9.72. The number of carbonyl (C=O) groups excluding carboxylic acids is 2. The van der Waals surface area contributed by atoms with Crippen LogP contribution in [0, 0.1) is 17.8 Å². The van der Waals surface area contributed by atoms with Crippen molar-refractivity contribution in [2.45, 2.75) is 44.6 Å². The quantitative estimate of drug-likeness (QED) is 0.593. The Hall–Kier alpha value is -3.35. The van der Waals surface area contributed by atoms with Gasteiger partial charge in [-0.3, -0.25) is 9.59 Å². The summed E-state index contributed by atoms with van der Waals surface area (Å²) in [4.78, 5) is 38.2. The van der Waals surface area contributed by atoms with Crippen LogP contribution in [0.4, 0.5) is 4.79 Å². The molecule has 2 aromatic carbocycles. The molecule has 0 aromatic heterocycles. The number of aliphatic carboxylic acids is 1. The minimum Gasteiger partial charge on any atom is -0.480 e. The van der Waals surface area contributed by atoms with Crippen LogP contribution in [0.25, 0.3) is 11.1 Å². The van der Waals surface area contributed by atoms with Gasteiger partial charge in [-0.25, -0.2) is 4.79 Å². The van der Waals surface area contributed by atoms with Crippen LogP contribution in [0.3, 0.4) is 0 Å². The van der Waals surface area contributed by atoms with Crippen molar-refractivity contribution in [3.63, 3.8) is 0 Å². The molecule has 0 radical (unpaired) electrons. The molecule has 4 atom stereocenters. The van der Waals surface area contributed by atoms with Gasteiger partial charge in [0.15, 0.2) is 0 Å². The fourth-order valence-electron chi connectivity index (χ4n) is 6.34. The number of nitrogens with one attached hydrogen (secondary N) is 1. The summed E-state index contributed by atoms with van der Waals surface area (Å²) in [5.74, 6) is -0.542. The van der Waals surface area contributed by atoms with Crippen LogP contribution in [0.5, 0.6) is 0 Å². The molecule has 2 amide bonds. The van der Waals surface area contributed by atoms with E-state index in [9.17, 15) is 14.4 Å². The molecule has 2 aromatic rings. The maximum absolute atomic E-state index is 12.9. The summed E-state index contributed by atoms with van der Waals surface area (Å²) in [6, 6.07) is 16.5. The van der Waals surface area contributed by atoms with Crippen molar-refractivity contribution in [2.75, 3.05) is 19.7 Å². The van der Waals surface area contributed by atoms with Gasteiger partial charge in [0.2, 0.25) is 5.91 Å². The topological polar surface area (TPSA) is 95.9 Å². The number of alkyl carbamates (subject to hydrolysis) is 1. The molecule has 35 heavy (non-hydrogen) atoms. The molecule has 1 unspecified atom stereocenters. The highest BCUT2D eigenvalue weighted by Gasteiger charge is 2.50. The highest BCUT2D eigenvalue weighted by molar-refractivity contribution is 5.83. The highest BCUT2D eigenvalue weighted by Crippen LogP contribution is 2.50. The first kappa shape index (κ1) is 23.4. The molecule has 2 saturated carbocycles. The molecule has 0 aliphatic heterocycles. The number of fused-ring (bicyclic) bond motifs is 4. The van der Waals surface area contributed by atoms with Crippen molar-refractivity contribution in [3.8, 4) is 11.1 Å². The number of carboxylic acids is 1. The Morgan fingerprint density at radius 2 is 1.66 bits per heavy atom. The van der Waals surface area contributed by atoms with E-state index in [0.29, 0.717) is 18.9 Å². The van der Waals surface area contributed by atoms with Crippen LogP contribution in [0.1, 0.15) is 49.7 Å². The van der Waals surface area contributed by atoms with Crippen molar-refractivity contribution in [1.29, 1.82) is 0 Å². The van der Waals surface area contributed by atoms with E-state index >= 15 is 0 Å². The monoisotopic (exact) mass is 476 g/mol. The minimum absolute atomic E-state index is 0.00699. The second-order valence-corrected chi connectivity index (χ2v) is 10.1. The van der Waals surface area contributed by atoms with Gasteiger partial charge in [0.1, 0.15) is 13.2 Å². The van der Waals surface area contributed by atoms with Gasteiger partial charge in [0.05, 0.1) is 0 Å². The molecule has 3 aliphatic carbocycles. The van der Waals surface area contributed by atoms with Crippen LogP contribution in [-0.4, -0.2) is 53.7 Å². The summed E-state index contributed by atoms with van der Waals surface area (Å²) in [6.07, 6.45) is 2.61. The van der Waals surface area contributed by atoms with Crippen molar-refractivity contribution < 1.29 is 24.2 Å². The van der Waals surface area contributed by atoms with E-state index in [0.717, 1.165) is 19.3 Å². The van der Waals surface area contributed by atoms with Gasteiger partial charge in [-0.05, 0) is 59.8 Å². The lowest BCUT2D eigenvalue weighted by Crippen LogP contribution is -2.50.